The van der Waals surface area contributed by atoms with Crippen molar-refractivity contribution in [3.05, 3.63) is 35.9 Å². The quantitative estimate of drug-likeness (QED) is 0.778. The van der Waals surface area contributed by atoms with Gasteiger partial charge in [0.1, 0.15) is 23.1 Å². The van der Waals surface area contributed by atoms with Gasteiger partial charge in [-0.05, 0) is 26.0 Å². The zero-order valence-electron chi connectivity index (χ0n) is 14.3. The molecule has 2 heterocycles. The van der Waals surface area contributed by atoms with E-state index in [4.69, 9.17) is 9.84 Å². The van der Waals surface area contributed by atoms with Gasteiger partial charge in [0.25, 0.3) is 0 Å². The summed E-state index contributed by atoms with van der Waals surface area (Å²) in [5.74, 6) is 1.74. The lowest BCUT2D eigenvalue weighted by Crippen LogP contribution is -2.51. The first kappa shape index (κ1) is 17.8. The lowest BCUT2D eigenvalue weighted by molar-refractivity contribution is 0.117. The molecule has 1 aliphatic rings. The van der Waals surface area contributed by atoms with Crippen molar-refractivity contribution in [2.45, 2.75) is 31.9 Å². The van der Waals surface area contributed by atoms with Gasteiger partial charge in [-0.25, -0.2) is 8.42 Å². The van der Waals surface area contributed by atoms with E-state index >= 15 is 0 Å². The summed E-state index contributed by atoms with van der Waals surface area (Å²) in [4.78, 5) is 0.130. The fourth-order valence-corrected chi connectivity index (χ4v) is 4.57. The van der Waals surface area contributed by atoms with Crippen molar-refractivity contribution in [2.75, 3.05) is 19.7 Å². The average Bonchev–Trinajstić information content (AvgIpc) is 2.92. The molecule has 1 aromatic heterocycles. The minimum atomic E-state index is -3.64. The van der Waals surface area contributed by atoms with Crippen LogP contribution in [0.15, 0.2) is 29.2 Å². The van der Waals surface area contributed by atoms with Crippen molar-refractivity contribution in [2.24, 2.45) is 5.92 Å². The topological polar surface area (TPSA) is 97.5 Å². The maximum Gasteiger partial charge on any atom is 0.246 e. The van der Waals surface area contributed by atoms with Crippen LogP contribution in [0.25, 0.3) is 0 Å². The first-order valence-corrected chi connectivity index (χ1v) is 9.62. The molecule has 25 heavy (non-hydrogen) atoms. The maximum absolute atomic E-state index is 12.8. The molecule has 1 saturated heterocycles. The van der Waals surface area contributed by atoms with E-state index in [0.29, 0.717) is 31.2 Å². The average molecular weight is 366 g/mol. The van der Waals surface area contributed by atoms with Crippen molar-refractivity contribution < 1.29 is 18.3 Å². The predicted octanol–water partition coefficient (Wildman–Crippen LogP) is 0.798. The van der Waals surface area contributed by atoms with Crippen LogP contribution in [-0.2, 0) is 23.2 Å². The van der Waals surface area contributed by atoms with Crippen LogP contribution in [0.5, 0.6) is 5.75 Å². The van der Waals surface area contributed by atoms with E-state index in [1.807, 2.05) is 18.4 Å². The minimum absolute atomic E-state index is 0.00378. The van der Waals surface area contributed by atoms with E-state index in [1.54, 1.807) is 18.2 Å². The number of aromatic nitrogens is 3. The first-order chi connectivity index (χ1) is 12.0. The fraction of sp³-hybridized carbons (Fsp3) is 0.500. The Labute approximate surface area is 147 Å². The molecule has 0 radical (unpaired) electrons. The largest absolute Gasteiger partial charge is 0.484 e. The van der Waals surface area contributed by atoms with Gasteiger partial charge in [0, 0.05) is 32.2 Å². The van der Waals surface area contributed by atoms with Crippen LogP contribution >= 0.6 is 0 Å². The molecule has 8 nitrogen and oxygen atoms in total. The smallest absolute Gasteiger partial charge is 0.246 e. The zero-order valence-corrected chi connectivity index (χ0v) is 15.1. The Morgan fingerprint density at radius 3 is 2.68 bits per heavy atom. The summed E-state index contributed by atoms with van der Waals surface area (Å²) in [5, 5.41) is 17.2. The molecule has 2 aromatic rings. The number of benzene rings is 1. The number of nitrogens with zero attached hydrogens (tertiary/aromatic N) is 4. The Bertz CT molecular complexity index is 844. The van der Waals surface area contributed by atoms with E-state index in [2.05, 4.69) is 10.2 Å². The number of aliphatic hydroxyl groups excluding tert-OH is 1. The molecule has 0 amide bonds. The normalized spacial score (nSPS) is 16.0. The second kappa shape index (κ2) is 7.11. The Morgan fingerprint density at radius 2 is 2.00 bits per heavy atom. The summed E-state index contributed by atoms with van der Waals surface area (Å²) in [7, 11) is -3.64. The molecule has 1 aliphatic heterocycles. The third-order valence-corrected chi connectivity index (χ3v) is 6.21. The molecular formula is C16H22N4O4S. The van der Waals surface area contributed by atoms with Crippen LogP contribution in [-0.4, -0.2) is 52.3 Å². The van der Waals surface area contributed by atoms with Gasteiger partial charge in [-0.15, -0.1) is 10.2 Å². The van der Waals surface area contributed by atoms with Crippen LogP contribution < -0.4 is 4.74 Å². The van der Waals surface area contributed by atoms with Crippen molar-refractivity contribution in [1.29, 1.82) is 0 Å². The number of aryl methyl sites for hydroxylation is 1. The zero-order chi connectivity index (χ0) is 18.0. The molecule has 0 bridgehead atoms. The van der Waals surface area contributed by atoms with Gasteiger partial charge in [0.05, 0.1) is 0 Å². The van der Waals surface area contributed by atoms with Gasteiger partial charge in [0.2, 0.25) is 10.0 Å². The summed E-state index contributed by atoms with van der Waals surface area (Å²) >= 11 is 0. The highest BCUT2D eigenvalue weighted by Gasteiger charge is 2.37. The SMILES string of the molecule is CCn1c(C)nnc1COc1ccccc1S(=O)(=O)N1CC(CO)C1. The Morgan fingerprint density at radius 1 is 1.28 bits per heavy atom. The van der Waals surface area contributed by atoms with E-state index < -0.39 is 10.0 Å². The third-order valence-electron chi connectivity index (χ3n) is 4.33. The second-order valence-corrected chi connectivity index (χ2v) is 7.92. The molecule has 0 atom stereocenters. The number of hydrogen-bond donors (Lipinski definition) is 1. The molecule has 0 saturated carbocycles. The molecule has 9 heteroatoms. The molecule has 0 spiro atoms. The van der Waals surface area contributed by atoms with E-state index in [9.17, 15) is 8.42 Å². The molecule has 0 unspecified atom stereocenters. The standard InChI is InChI=1S/C16H22N4O4S/c1-3-20-12(2)17-18-16(20)11-24-14-6-4-5-7-15(14)25(22,23)19-8-13(9-19)10-21/h4-7,13,21H,3,8-11H2,1-2H3. The van der Waals surface area contributed by atoms with Crippen LogP contribution in [0.1, 0.15) is 18.6 Å². The van der Waals surface area contributed by atoms with Gasteiger partial charge in [0.15, 0.2) is 5.82 Å². The number of sulfonamides is 1. The van der Waals surface area contributed by atoms with E-state index in [-0.39, 0.29) is 24.0 Å². The van der Waals surface area contributed by atoms with Gasteiger partial charge in [-0.3, -0.25) is 0 Å². The summed E-state index contributed by atoms with van der Waals surface area (Å²) in [6, 6.07) is 6.57. The highest BCUT2D eigenvalue weighted by Crippen LogP contribution is 2.31. The third kappa shape index (κ3) is 3.39. The molecule has 1 aromatic carbocycles. The van der Waals surface area contributed by atoms with Crippen LogP contribution in [0.3, 0.4) is 0 Å². The molecule has 1 N–H and O–H groups in total. The van der Waals surface area contributed by atoms with Crippen LogP contribution in [0, 0.1) is 12.8 Å². The molecule has 136 valence electrons. The number of ether oxygens (including phenoxy) is 1. The summed E-state index contributed by atoms with van der Waals surface area (Å²) in [6.07, 6.45) is 0. The molecule has 3 rings (SSSR count). The summed E-state index contributed by atoms with van der Waals surface area (Å²) in [5.41, 5.74) is 0. The number of aliphatic hydroxyl groups is 1. The summed E-state index contributed by atoms with van der Waals surface area (Å²) in [6.45, 7) is 5.36. The lowest BCUT2D eigenvalue weighted by Gasteiger charge is -2.37. The molecule has 1 fully saturated rings. The van der Waals surface area contributed by atoms with Gasteiger partial charge < -0.3 is 14.4 Å². The number of rotatable bonds is 7. The summed E-state index contributed by atoms with van der Waals surface area (Å²) < 4.78 is 34.6. The van der Waals surface area contributed by atoms with E-state index in [0.717, 1.165) is 5.82 Å². The van der Waals surface area contributed by atoms with Crippen molar-refractivity contribution in [3.8, 4) is 5.75 Å². The second-order valence-electron chi connectivity index (χ2n) is 6.01. The number of para-hydroxylation sites is 1. The van der Waals surface area contributed by atoms with E-state index in [1.165, 1.54) is 10.4 Å². The van der Waals surface area contributed by atoms with Crippen molar-refractivity contribution >= 4 is 10.0 Å². The van der Waals surface area contributed by atoms with Gasteiger partial charge in [-0.2, -0.15) is 4.31 Å². The maximum atomic E-state index is 12.8. The number of hydrogen-bond acceptors (Lipinski definition) is 6. The highest BCUT2D eigenvalue weighted by molar-refractivity contribution is 7.89. The first-order valence-electron chi connectivity index (χ1n) is 8.18. The lowest BCUT2D eigenvalue weighted by atomic mass is 10.1. The van der Waals surface area contributed by atoms with Crippen LogP contribution in [0.2, 0.25) is 0 Å². The van der Waals surface area contributed by atoms with Crippen LogP contribution in [0.4, 0.5) is 0 Å². The van der Waals surface area contributed by atoms with Gasteiger partial charge >= 0.3 is 0 Å². The highest BCUT2D eigenvalue weighted by atomic mass is 32.2. The molecule has 0 aliphatic carbocycles. The predicted molar refractivity (Wildman–Crippen MR) is 90.5 cm³/mol. The Hall–Kier alpha value is -1.97. The fourth-order valence-electron chi connectivity index (χ4n) is 2.84. The van der Waals surface area contributed by atoms with Gasteiger partial charge in [-0.1, -0.05) is 12.1 Å². The van der Waals surface area contributed by atoms with Crippen molar-refractivity contribution in [3.63, 3.8) is 0 Å². The Kier molecular flexibility index (Phi) is 5.07. The van der Waals surface area contributed by atoms with Crippen molar-refractivity contribution in [1.82, 2.24) is 19.1 Å². The molecular weight excluding hydrogens is 344 g/mol. The Balaban J connectivity index is 1.79. The monoisotopic (exact) mass is 366 g/mol. The minimum Gasteiger partial charge on any atom is -0.484 e.